The number of methoxy groups -OCH3 is 1. The fourth-order valence-electron chi connectivity index (χ4n) is 1.75. The van der Waals surface area contributed by atoms with Crippen molar-refractivity contribution >= 4 is 47.4 Å². The highest BCUT2D eigenvalue weighted by atomic mass is 127. The SMILES string of the molecule is CN=C(NCC(=O)NCCOC)NC(C)c1ccc(Cl)cc1.I. The molecule has 1 atom stereocenters. The first-order chi connectivity index (χ1) is 10.6. The molecule has 0 aliphatic rings. The molecule has 1 aromatic rings. The number of nitrogens with zero attached hydrogens (tertiary/aromatic N) is 1. The third-order valence-corrected chi connectivity index (χ3v) is 3.24. The van der Waals surface area contributed by atoms with E-state index >= 15 is 0 Å². The van der Waals surface area contributed by atoms with Gasteiger partial charge in [0.15, 0.2) is 5.96 Å². The van der Waals surface area contributed by atoms with Gasteiger partial charge in [-0.25, -0.2) is 0 Å². The zero-order valence-corrected chi connectivity index (χ0v) is 16.6. The van der Waals surface area contributed by atoms with Crippen molar-refractivity contribution in [3.8, 4) is 0 Å². The number of guanidine groups is 1. The monoisotopic (exact) mass is 454 g/mol. The number of carbonyl (C=O) groups is 1. The number of halogens is 2. The molecule has 1 unspecified atom stereocenters. The maximum atomic E-state index is 11.6. The molecule has 1 rings (SSSR count). The van der Waals surface area contributed by atoms with Gasteiger partial charge in [-0.1, -0.05) is 23.7 Å². The van der Waals surface area contributed by atoms with Crippen LogP contribution in [0.2, 0.25) is 5.02 Å². The van der Waals surface area contributed by atoms with E-state index in [1.54, 1.807) is 14.2 Å². The van der Waals surface area contributed by atoms with Crippen molar-refractivity contribution in [3.05, 3.63) is 34.9 Å². The standard InChI is InChI=1S/C15H23ClN4O2.HI/c1-11(12-4-6-13(16)7-5-12)20-15(17-2)19-10-14(21)18-8-9-22-3;/h4-7,11H,8-10H2,1-3H3,(H,18,21)(H2,17,19,20);1H. The van der Waals surface area contributed by atoms with Crippen LogP contribution < -0.4 is 16.0 Å². The van der Waals surface area contributed by atoms with Gasteiger partial charge in [0.2, 0.25) is 5.91 Å². The summed E-state index contributed by atoms with van der Waals surface area (Å²) < 4.78 is 4.87. The van der Waals surface area contributed by atoms with Crippen molar-refractivity contribution < 1.29 is 9.53 Å². The number of rotatable bonds is 7. The third-order valence-electron chi connectivity index (χ3n) is 2.99. The molecule has 3 N–H and O–H groups in total. The maximum absolute atomic E-state index is 11.6. The highest BCUT2D eigenvalue weighted by Gasteiger charge is 2.08. The van der Waals surface area contributed by atoms with E-state index in [9.17, 15) is 4.79 Å². The van der Waals surface area contributed by atoms with Crippen LogP contribution in [0.15, 0.2) is 29.3 Å². The van der Waals surface area contributed by atoms with E-state index in [0.29, 0.717) is 24.1 Å². The van der Waals surface area contributed by atoms with Crippen LogP contribution in [-0.4, -0.2) is 45.7 Å². The minimum absolute atomic E-state index is 0. The number of carbonyl (C=O) groups excluding carboxylic acids is 1. The van der Waals surface area contributed by atoms with Crippen LogP contribution in [0.1, 0.15) is 18.5 Å². The van der Waals surface area contributed by atoms with Gasteiger partial charge >= 0.3 is 0 Å². The second kappa shape index (κ2) is 12.4. The summed E-state index contributed by atoms with van der Waals surface area (Å²) >= 11 is 5.88. The molecule has 0 aliphatic heterocycles. The van der Waals surface area contributed by atoms with Gasteiger partial charge in [-0.15, -0.1) is 24.0 Å². The van der Waals surface area contributed by atoms with Crippen molar-refractivity contribution in [2.24, 2.45) is 4.99 Å². The first-order valence-corrected chi connectivity index (χ1v) is 7.43. The third kappa shape index (κ3) is 8.97. The largest absolute Gasteiger partial charge is 0.383 e. The van der Waals surface area contributed by atoms with Crippen LogP contribution in [0.5, 0.6) is 0 Å². The molecule has 0 radical (unpaired) electrons. The number of amides is 1. The zero-order valence-electron chi connectivity index (χ0n) is 13.6. The Balaban J connectivity index is 0.00000484. The van der Waals surface area contributed by atoms with Gasteiger partial charge in [-0.2, -0.15) is 0 Å². The van der Waals surface area contributed by atoms with Gasteiger partial charge < -0.3 is 20.7 Å². The molecule has 0 aliphatic carbocycles. The summed E-state index contributed by atoms with van der Waals surface area (Å²) in [5.41, 5.74) is 1.08. The second-order valence-electron chi connectivity index (χ2n) is 4.69. The lowest BCUT2D eigenvalue weighted by atomic mass is 10.1. The fraction of sp³-hybridized carbons (Fsp3) is 0.467. The average Bonchev–Trinajstić information content (AvgIpc) is 2.52. The first-order valence-electron chi connectivity index (χ1n) is 7.05. The average molecular weight is 455 g/mol. The van der Waals surface area contributed by atoms with E-state index in [1.165, 1.54) is 0 Å². The molecule has 0 aromatic heterocycles. The van der Waals surface area contributed by atoms with Crippen LogP contribution in [0, 0.1) is 0 Å². The van der Waals surface area contributed by atoms with Gasteiger partial charge in [-0.3, -0.25) is 9.79 Å². The topological polar surface area (TPSA) is 74.8 Å². The van der Waals surface area contributed by atoms with E-state index in [1.807, 2.05) is 31.2 Å². The molecule has 0 fully saturated rings. The van der Waals surface area contributed by atoms with Crippen LogP contribution in [-0.2, 0) is 9.53 Å². The van der Waals surface area contributed by atoms with E-state index in [0.717, 1.165) is 5.56 Å². The van der Waals surface area contributed by atoms with Crippen LogP contribution in [0.25, 0.3) is 0 Å². The van der Waals surface area contributed by atoms with Crippen LogP contribution in [0.4, 0.5) is 0 Å². The molecule has 23 heavy (non-hydrogen) atoms. The summed E-state index contributed by atoms with van der Waals surface area (Å²) in [6.07, 6.45) is 0. The molecule has 0 heterocycles. The van der Waals surface area contributed by atoms with Crippen molar-refractivity contribution in [2.75, 3.05) is 33.9 Å². The summed E-state index contributed by atoms with van der Waals surface area (Å²) in [5, 5.41) is 9.61. The Morgan fingerprint density at radius 1 is 1.30 bits per heavy atom. The predicted octanol–water partition coefficient (Wildman–Crippen LogP) is 1.95. The van der Waals surface area contributed by atoms with Crippen LogP contribution >= 0.6 is 35.6 Å². The second-order valence-corrected chi connectivity index (χ2v) is 5.12. The molecule has 0 bridgehead atoms. The van der Waals surface area contributed by atoms with Crippen molar-refractivity contribution in [1.82, 2.24) is 16.0 Å². The number of nitrogens with one attached hydrogen (secondary N) is 3. The Morgan fingerprint density at radius 2 is 1.96 bits per heavy atom. The number of hydrogen-bond donors (Lipinski definition) is 3. The molecule has 1 amide bonds. The van der Waals surface area contributed by atoms with E-state index in [2.05, 4.69) is 20.9 Å². The molecule has 1 aromatic carbocycles. The van der Waals surface area contributed by atoms with Crippen molar-refractivity contribution in [2.45, 2.75) is 13.0 Å². The lowest BCUT2D eigenvalue weighted by molar-refractivity contribution is -0.120. The Morgan fingerprint density at radius 3 is 2.52 bits per heavy atom. The lowest BCUT2D eigenvalue weighted by Gasteiger charge is -2.18. The number of aliphatic imine (C=N–C) groups is 1. The summed E-state index contributed by atoms with van der Waals surface area (Å²) in [7, 11) is 3.25. The molecular weight excluding hydrogens is 431 g/mol. The highest BCUT2D eigenvalue weighted by molar-refractivity contribution is 14.0. The Hall–Kier alpha value is -1.06. The summed E-state index contributed by atoms with van der Waals surface area (Å²) in [6, 6.07) is 7.62. The highest BCUT2D eigenvalue weighted by Crippen LogP contribution is 2.15. The first kappa shape index (κ1) is 21.9. The quantitative estimate of drug-likeness (QED) is 0.255. The fourth-order valence-corrected chi connectivity index (χ4v) is 1.88. The molecule has 0 saturated heterocycles. The lowest BCUT2D eigenvalue weighted by Crippen LogP contribution is -2.44. The number of benzene rings is 1. The van der Waals surface area contributed by atoms with E-state index in [4.69, 9.17) is 16.3 Å². The molecule has 8 heteroatoms. The molecule has 6 nitrogen and oxygen atoms in total. The summed E-state index contributed by atoms with van der Waals surface area (Å²) in [6.45, 7) is 3.14. The molecule has 0 spiro atoms. The van der Waals surface area contributed by atoms with Gasteiger partial charge in [0.25, 0.3) is 0 Å². The summed E-state index contributed by atoms with van der Waals surface area (Å²) in [5.74, 6) is 0.448. The normalized spacial score (nSPS) is 12.1. The van der Waals surface area contributed by atoms with Crippen molar-refractivity contribution in [3.63, 3.8) is 0 Å². The molecule has 130 valence electrons. The van der Waals surface area contributed by atoms with E-state index < -0.39 is 0 Å². The number of ether oxygens (including phenoxy) is 1. The summed E-state index contributed by atoms with van der Waals surface area (Å²) in [4.78, 5) is 15.7. The Kier molecular flexibility index (Phi) is 11.8. The maximum Gasteiger partial charge on any atom is 0.239 e. The smallest absolute Gasteiger partial charge is 0.239 e. The molecule has 0 saturated carbocycles. The Labute approximate surface area is 159 Å². The number of hydrogen-bond acceptors (Lipinski definition) is 3. The van der Waals surface area contributed by atoms with Crippen LogP contribution in [0.3, 0.4) is 0 Å². The molecular formula is C15H24ClIN4O2. The van der Waals surface area contributed by atoms with Gasteiger partial charge in [0.05, 0.1) is 19.2 Å². The zero-order chi connectivity index (χ0) is 16.4. The minimum Gasteiger partial charge on any atom is -0.383 e. The van der Waals surface area contributed by atoms with Gasteiger partial charge in [-0.05, 0) is 24.6 Å². The van der Waals surface area contributed by atoms with E-state index in [-0.39, 0.29) is 42.5 Å². The predicted molar refractivity (Wildman–Crippen MR) is 105 cm³/mol. The Bertz CT molecular complexity index is 497. The minimum atomic E-state index is -0.112. The van der Waals surface area contributed by atoms with Gasteiger partial charge in [0, 0.05) is 25.7 Å². The van der Waals surface area contributed by atoms with Crippen molar-refractivity contribution in [1.29, 1.82) is 0 Å². The van der Waals surface area contributed by atoms with Gasteiger partial charge in [0.1, 0.15) is 0 Å².